The highest BCUT2D eigenvalue weighted by molar-refractivity contribution is 5.79. The molecule has 6 heteroatoms. The molecule has 0 radical (unpaired) electrons. The highest BCUT2D eigenvalue weighted by Crippen LogP contribution is 2.28. The Bertz CT molecular complexity index is 455. The normalized spacial score (nSPS) is 16.6. The molecular weight excluding hydrogens is 292 g/mol. The van der Waals surface area contributed by atoms with Crippen LogP contribution in [0.25, 0.3) is 0 Å². The lowest BCUT2D eigenvalue weighted by atomic mass is 10.2. The van der Waals surface area contributed by atoms with Gasteiger partial charge in [0, 0.05) is 33.4 Å². The molecule has 0 bridgehead atoms. The van der Waals surface area contributed by atoms with Gasteiger partial charge in [-0.25, -0.2) is 0 Å². The van der Waals surface area contributed by atoms with E-state index in [0.717, 1.165) is 50.4 Å². The number of hydrogen-bond acceptors (Lipinski definition) is 4. The first-order valence-corrected chi connectivity index (χ1v) is 8.42. The smallest absolute Gasteiger partial charge is 0.191 e. The first-order chi connectivity index (χ1) is 11.2. The van der Waals surface area contributed by atoms with Gasteiger partial charge in [-0.15, -0.1) is 0 Å². The molecule has 1 heterocycles. The van der Waals surface area contributed by atoms with Crippen molar-refractivity contribution in [2.45, 2.75) is 25.3 Å². The summed E-state index contributed by atoms with van der Waals surface area (Å²) in [5, 5.41) is 6.68. The summed E-state index contributed by atoms with van der Waals surface area (Å²) in [6.45, 7) is 3.34. The van der Waals surface area contributed by atoms with E-state index in [9.17, 15) is 0 Å². The number of aliphatic imine (C=N–C) groups is 1. The second-order valence-corrected chi connectivity index (χ2v) is 6.25. The first kappa shape index (κ1) is 17.8. The summed E-state index contributed by atoms with van der Waals surface area (Å²) in [5.74, 6) is 2.60. The second-order valence-electron chi connectivity index (χ2n) is 6.25. The highest BCUT2D eigenvalue weighted by atomic mass is 16.5. The van der Waals surface area contributed by atoms with E-state index < -0.39 is 0 Å². The van der Waals surface area contributed by atoms with E-state index in [4.69, 9.17) is 9.15 Å². The Hall–Kier alpha value is -1.53. The summed E-state index contributed by atoms with van der Waals surface area (Å²) in [4.78, 5) is 6.39. The Morgan fingerprint density at radius 2 is 2.26 bits per heavy atom. The van der Waals surface area contributed by atoms with E-state index in [1.54, 1.807) is 13.3 Å². The lowest BCUT2D eigenvalue weighted by Crippen LogP contribution is -2.42. The maximum Gasteiger partial charge on any atom is 0.191 e. The average Bonchev–Trinajstić information content (AvgIpc) is 3.21. The lowest BCUT2D eigenvalue weighted by molar-refractivity contribution is 0.123. The minimum Gasteiger partial charge on any atom is -0.468 e. The first-order valence-electron chi connectivity index (χ1n) is 8.42. The number of ether oxygens (including phenoxy) is 1. The molecule has 1 saturated carbocycles. The molecule has 23 heavy (non-hydrogen) atoms. The van der Waals surface area contributed by atoms with Crippen LogP contribution in [-0.2, 0) is 4.74 Å². The van der Waals surface area contributed by atoms with Crippen LogP contribution in [0.5, 0.6) is 0 Å². The maximum absolute atomic E-state index is 5.63. The van der Waals surface area contributed by atoms with E-state index in [2.05, 4.69) is 20.5 Å². The minimum absolute atomic E-state index is 0.172. The van der Waals surface area contributed by atoms with Crippen LogP contribution in [0.2, 0.25) is 0 Å². The van der Waals surface area contributed by atoms with Crippen LogP contribution in [0.1, 0.15) is 31.1 Å². The minimum atomic E-state index is 0.172. The van der Waals surface area contributed by atoms with Crippen molar-refractivity contribution in [2.75, 3.05) is 47.4 Å². The summed E-state index contributed by atoms with van der Waals surface area (Å²) >= 11 is 0. The number of furan rings is 1. The molecule has 0 spiro atoms. The molecule has 0 aliphatic heterocycles. The molecule has 1 aliphatic carbocycles. The number of rotatable bonds is 10. The van der Waals surface area contributed by atoms with Gasteiger partial charge in [0.15, 0.2) is 5.96 Å². The van der Waals surface area contributed by atoms with Gasteiger partial charge in [-0.3, -0.25) is 9.89 Å². The summed E-state index contributed by atoms with van der Waals surface area (Å²) < 4.78 is 11.1. The van der Waals surface area contributed by atoms with Gasteiger partial charge in [0.05, 0.1) is 12.3 Å². The van der Waals surface area contributed by atoms with E-state index in [1.807, 2.05) is 26.2 Å². The van der Waals surface area contributed by atoms with Crippen LogP contribution >= 0.6 is 0 Å². The van der Waals surface area contributed by atoms with Gasteiger partial charge in [-0.1, -0.05) is 0 Å². The Labute approximate surface area is 139 Å². The van der Waals surface area contributed by atoms with Crippen LogP contribution in [0.3, 0.4) is 0 Å². The average molecular weight is 322 g/mol. The number of guanidine groups is 1. The van der Waals surface area contributed by atoms with Gasteiger partial charge in [0.2, 0.25) is 0 Å². The summed E-state index contributed by atoms with van der Waals surface area (Å²) in [6, 6.07) is 4.09. The van der Waals surface area contributed by atoms with Crippen LogP contribution in [0.15, 0.2) is 27.8 Å². The van der Waals surface area contributed by atoms with Gasteiger partial charge >= 0.3 is 0 Å². The molecule has 2 rings (SSSR count). The Morgan fingerprint density at radius 1 is 1.43 bits per heavy atom. The molecule has 0 amide bonds. The number of nitrogens with zero attached hydrogens (tertiary/aromatic N) is 2. The highest BCUT2D eigenvalue weighted by Gasteiger charge is 2.20. The molecule has 0 aromatic carbocycles. The molecular formula is C17H30N4O2. The van der Waals surface area contributed by atoms with Crippen LogP contribution < -0.4 is 10.6 Å². The number of nitrogens with one attached hydrogen (secondary N) is 2. The predicted octanol–water partition coefficient (Wildman–Crippen LogP) is 1.86. The van der Waals surface area contributed by atoms with Crippen molar-refractivity contribution in [3.8, 4) is 0 Å². The van der Waals surface area contributed by atoms with Gasteiger partial charge in [-0.05, 0) is 51.4 Å². The molecule has 6 nitrogen and oxygen atoms in total. The third-order valence-electron chi connectivity index (χ3n) is 3.99. The molecule has 1 atom stereocenters. The zero-order valence-electron chi connectivity index (χ0n) is 14.5. The molecule has 0 saturated heterocycles. The zero-order valence-corrected chi connectivity index (χ0v) is 14.5. The van der Waals surface area contributed by atoms with Crippen LogP contribution in [0.4, 0.5) is 0 Å². The van der Waals surface area contributed by atoms with Gasteiger partial charge in [-0.2, -0.15) is 0 Å². The zero-order chi connectivity index (χ0) is 16.5. The van der Waals surface area contributed by atoms with Gasteiger partial charge < -0.3 is 19.8 Å². The van der Waals surface area contributed by atoms with Crippen LogP contribution in [-0.4, -0.2) is 58.3 Å². The van der Waals surface area contributed by atoms with Crippen molar-refractivity contribution < 1.29 is 9.15 Å². The fourth-order valence-electron chi connectivity index (χ4n) is 2.35. The van der Waals surface area contributed by atoms with E-state index in [0.29, 0.717) is 0 Å². The Morgan fingerprint density at radius 3 is 2.87 bits per heavy atom. The van der Waals surface area contributed by atoms with Gasteiger partial charge in [0.25, 0.3) is 0 Å². The largest absolute Gasteiger partial charge is 0.468 e. The van der Waals surface area contributed by atoms with Crippen molar-refractivity contribution in [1.82, 2.24) is 15.5 Å². The SMILES string of the molecule is CN=C(NCCCOCC1CC1)NCC(c1ccco1)N(C)C. The molecule has 1 aliphatic rings. The van der Waals surface area contributed by atoms with Crippen molar-refractivity contribution in [2.24, 2.45) is 10.9 Å². The number of likely N-dealkylation sites (N-methyl/N-ethyl adjacent to an activating group) is 1. The number of hydrogen-bond donors (Lipinski definition) is 2. The van der Waals surface area contributed by atoms with Crippen molar-refractivity contribution in [1.29, 1.82) is 0 Å². The topological polar surface area (TPSA) is 62.0 Å². The summed E-state index contributed by atoms with van der Waals surface area (Å²) in [6.07, 6.45) is 5.39. The van der Waals surface area contributed by atoms with Gasteiger partial charge in [0.1, 0.15) is 5.76 Å². The monoisotopic (exact) mass is 322 g/mol. The summed E-state index contributed by atoms with van der Waals surface area (Å²) in [7, 11) is 5.88. The molecule has 1 fully saturated rings. The van der Waals surface area contributed by atoms with E-state index >= 15 is 0 Å². The van der Waals surface area contributed by atoms with E-state index in [-0.39, 0.29) is 6.04 Å². The second kappa shape index (κ2) is 9.57. The predicted molar refractivity (Wildman–Crippen MR) is 92.7 cm³/mol. The quantitative estimate of drug-likeness (QED) is 0.391. The Kier molecular flexibility index (Phi) is 7.42. The lowest BCUT2D eigenvalue weighted by Gasteiger charge is -2.23. The molecule has 1 aromatic heterocycles. The van der Waals surface area contributed by atoms with Crippen molar-refractivity contribution in [3.05, 3.63) is 24.2 Å². The molecule has 1 aromatic rings. The standard InChI is InChI=1S/C17H30N4O2/c1-18-17(19-9-5-10-22-13-14-7-8-14)20-12-15(21(2)3)16-6-4-11-23-16/h4,6,11,14-15H,5,7-10,12-13H2,1-3H3,(H2,18,19,20). The molecule has 130 valence electrons. The molecule has 1 unspecified atom stereocenters. The third kappa shape index (κ3) is 6.62. The third-order valence-corrected chi connectivity index (χ3v) is 3.99. The fraction of sp³-hybridized carbons (Fsp3) is 0.706. The van der Waals surface area contributed by atoms with Crippen LogP contribution in [0, 0.1) is 5.92 Å². The Balaban J connectivity index is 1.62. The van der Waals surface area contributed by atoms with Crippen molar-refractivity contribution in [3.63, 3.8) is 0 Å². The van der Waals surface area contributed by atoms with Crippen molar-refractivity contribution >= 4 is 5.96 Å². The molecule has 2 N–H and O–H groups in total. The van der Waals surface area contributed by atoms with E-state index in [1.165, 1.54) is 12.8 Å². The maximum atomic E-state index is 5.63. The summed E-state index contributed by atoms with van der Waals surface area (Å²) in [5.41, 5.74) is 0. The fourth-order valence-corrected chi connectivity index (χ4v) is 2.35.